The van der Waals surface area contributed by atoms with Crippen LogP contribution in [0.1, 0.15) is 26.2 Å². The van der Waals surface area contributed by atoms with Crippen molar-refractivity contribution in [2.75, 3.05) is 27.2 Å². The lowest BCUT2D eigenvalue weighted by Gasteiger charge is -2.21. The molecule has 2 N–H and O–H groups in total. The highest BCUT2D eigenvalue weighted by molar-refractivity contribution is 4.81. The maximum atomic E-state index is 9.66. The Morgan fingerprint density at radius 2 is 2.14 bits per heavy atom. The van der Waals surface area contributed by atoms with E-state index in [-0.39, 0.29) is 6.10 Å². The van der Waals surface area contributed by atoms with Crippen LogP contribution in [0.5, 0.6) is 0 Å². The maximum absolute atomic E-state index is 9.66. The molecule has 3 heteroatoms. The van der Waals surface area contributed by atoms with Crippen LogP contribution in [-0.2, 0) is 0 Å². The van der Waals surface area contributed by atoms with Gasteiger partial charge in [-0.2, -0.15) is 0 Å². The molecule has 1 fully saturated rings. The molecule has 0 amide bonds. The van der Waals surface area contributed by atoms with Gasteiger partial charge in [-0.15, -0.1) is 0 Å². The SMILES string of the molecule is CC1CCCC1NCC(O)CN(C)C. The largest absolute Gasteiger partial charge is 0.390 e. The zero-order valence-electron chi connectivity index (χ0n) is 9.66. The Kier molecular flexibility index (Phi) is 4.85. The topological polar surface area (TPSA) is 35.5 Å². The first-order valence-electron chi connectivity index (χ1n) is 5.65. The van der Waals surface area contributed by atoms with Crippen molar-refractivity contribution in [2.45, 2.75) is 38.3 Å². The first kappa shape index (κ1) is 12.0. The molecule has 0 aliphatic heterocycles. The molecule has 1 aliphatic rings. The van der Waals surface area contributed by atoms with Crippen LogP contribution in [0.15, 0.2) is 0 Å². The summed E-state index contributed by atoms with van der Waals surface area (Å²) in [4.78, 5) is 2.02. The molecule has 1 rings (SSSR count). The first-order valence-corrected chi connectivity index (χ1v) is 5.65. The van der Waals surface area contributed by atoms with Gasteiger partial charge in [-0.3, -0.25) is 0 Å². The van der Waals surface area contributed by atoms with Crippen LogP contribution in [-0.4, -0.2) is 49.3 Å². The van der Waals surface area contributed by atoms with Gasteiger partial charge in [0, 0.05) is 19.1 Å². The Hall–Kier alpha value is -0.120. The Morgan fingerprint density at radius 3 is 2.64 bits per heavy atom. The summed E-state index contributed by atoms with van der Waals surface area (Å²) in [6, 6.07) is 0.631. The fourth-order valence-corrected chi connectivity index (χ4v) is 2.22. The Bertz CT molecular complexity index is 161. The Morgan fingerprint density at radius 1 is 1.43 bits per heavy atom. The summed E-state index contributed by atoms with van der Waals surface area (Å²) < 4.78 is 0. The molecule has 0 saturated heterocycles. The molecule has 84 valence electrons. The summed E-state index contributed by atoms with van der Waals surface area (Å²) >= 11 is 0. The lowest BCUT2D eigenvalue weighted by Crippen LogP contribution is -2.40. The fourth-order valence-electron chi connectivity index (χ4n) is 2.22. The molecule has 0 aromatic carbocycles. The molecule has 0 bridgehead atoms. The van der Waals surface area contributed by atoms with Crippen LogP contribution in [0.4, 0.5) is 0 Å². The van der Waals surface area contributed by atoms with Gasteiger partial charge in [-0.1, -0.05) is 13.3 Å². The average Bonchev–Trinajstić information content (AvgIpc) is 2.46. The molecule has 3 unspecified atom stereocenters. The summed E-state index contributed by atoms with van der Waals surface area (Å²) in [6.07, 6.45) is 3.71. The van der Waals surface area contributed by atoms with E-state index < -0.39 is 0 Å². The highest BCUT2D eigenvalue weighted by atomic mass is 16.3. The summed E-state index contributed by atoms with van der Waals surface area (Å²) in [7, 11) is 3.98. The van der Waals surface area contributed by atoms with E-state index in [1.54, 1.807) is 0 Å². The van der Waals surface area contributed by atoms with Crippen LogP contribution in [0, 0.1) is 5.92 Å². The van der Waals surface area contributed by atoms with Gasteiger partial charge in [-0.25, -0.2) is 0 Å². The summed E-state index contributed by atoms with van der Waals surface area (Å²) in [5, 5.41) is 13.1. The number of hydrogen-bond acceptors (Lipinski definition) is 3. The van der Waals surface area contributed by atoms with E-state index in [1.165, 1.54) is 19.3 Å². The zero-order valence-corrected chi connectivity index (χ0v) is 9.66. The molecule has 14 heavy (non-hydrogen) atoms. The van der Waals surface area contributed by atoms with Crippen molar-refractivity contribution in [2.24, 2.45) is 5.92 Å². The zero-order chi connectivity index (χ0) is 10.6. The van der Waals surface area contributed by atoms with Crippen LogP contribution in [0.3, 0.4) is 0 Å². The molecule has 3 atom stereocenters. The molecule has 0 spiro atoms. The normalized spacial score (nSPS) is 29.8. The van der Waals surface area contributed by atoms with Gasteiger partial charge in [0.05, 0.1) is 6.10 Å². The van der Waals surface area contributed by atoms with E-state index in [0.29, 0.717) is 6.04 Å². The molecule has 1 saturated carbocycles. The van der Waals surface area contributed by atoms with Gasteiger partial charge >= 0.3 is 0 Å². The third-order valence-electron chi connectivity index (χ3n) is 3.05. The van der Waals surface area contributed by atoms with E-state index in [4.69, 9.17) is 0 Å². The third kappa shape index (κ3) is 3.95. The van der Waals surface area contributed by atoms with Crippen molar-refractivity contribution in [3.05, 3.63) is 0 Å². The van der Waals surface area contributed by atoms with Gasteiger partial charge in [0.25, 0.3) is 0 Å². The standard InChI is InChI=1S/C11H24N2O/c1-9-5-4-6-11(9)12-7-10(14)8-13(2)3/h9-12,14H,4-8H2,1-3H3. The van der Waals surface area contributed by atoms with E-state index in [0.717, 1.165) is 19.0 Å². The lowest BCUT2D eigenvalue weighted by molar-refractivity contribution is 0.129. The number of nitrogens with zero attached hydrogens (tertiary/aromatic N) is 1. The van der Waals surface area contributed by atoms with Crippen molar-refractivity contribution in [3.8, 4) is 0 Å². The molecule has 0 radical (unpaired) electrons. The monoisotopic (exact) mass is 200 g/mol. The Labute approximate surface area is 87.5 Å². The molecular weight excluding hydrogens is 176 g/mol. The molecule has 1 aliphatic carbocycles. The van der Waals surface area contributed by atoms with Gasteiger partial charge in [0.15, 0.2) is 0 Å². The van der Waals surface area contributed by atoms with Gasteiger partial charge in [0.2, 0.25) is 0 Å². The van der Waals surface area contributed by atoms with Gasteiger partial charge in [0.1, 0.15) is 0 Å². The predicted octanol–water partition coefficient (Wildman–Crippen LogP) is 0.687. The second-order valence-corrected chi connectivity index (χ2v) is 4.84. The predicted molar refractivity (Wildman–Crippen MR) is 59.4 cm³/mol. The molecule has 0 heterocycles. The van der Waals surface area contributed by atoms with Crippen molar-refractivity contribution < 1.29 is 5.11 Å². The van der Waals surface area contributed by atoms with Crippen LogP contribution < -0.4 is 5.32 Å². The summed E-state index contributed by atoms with van der Waals surface area (Å²) in [6.45, 7) is 3.77. The second-order valence-electron chi connectivity index (χ2n) is 4.84. The highest BCUT2D eigenvalue weighted by Crippen LogP contribution is 2.24. The average molecular weight is 200 g/mol. The van der Waals surface area contributed by atoms with E-state index in [9.17, 15) is 5.11 Å². The number of nitrogens with one attached hydrogen (secondary N) is 1. The summed E-state index contributed by atoms with van der Waals surface area (Å²) in [5.74, 6) is 0.779. The van der Waals surface area contributed by atoms with Crippen molar-refractivity contribution in [1.82, 2.24) is 10.2 Å². The van der Waals surface area contributed by atoms with Crippen molar-refractivity contribution >= 4 is 0 Å². The van der Waals surface area contributed by atoms with Crippen LogP contribution in [0.25, 0.3) is 0 Å². The molecule has 0 aromatic rings. The number of hydrogen-bond donors (Lipinski definition) is 2. The van der Waals surface area contributed by atoms with Crippen molar-refractivity contribution in [1.29, 1.82) is 0 Å². The van der Waals surface area contributed by atoms with E-state index in [2.05, 4.69) is 12.2 Å². The molecular formula is C11H24N2O. The molecule has 3 nitrogen and oxygen atoms in total. The number of rotatable bonds is 5. The second kappa shape index (κ2) is 5.69. The lowest BCUT2D eigenvalue weighted by atomic mass is 10.1. The quantitative estimate of drug-likeness (QED) is 0.685. The minimum Gasteiger partial charge on any atom is -0.390 e. The third-order valence-corrected chi connectivity index (χ3v) is 3.05. The minimum atomic E-state index is -0.238. The number of aliphatic hydroxyl groups excluding tert-OH is 1. The van der Waals surface area contributed by atoms with E-state index in [1.807, 2.05) is 19.0 Å². The van der Waals surface area contributed by atoms with E-state index >= 15 is 0 Å². The molecule has 0 aromatic heterocycles. The first-order chi connectivity index (χ1) is 6.59. The minimum absolute atomic E-state index is 0.238. The van der Waals surface area contributed by atoms with Crippen LogP contribution in [0.2, 0.25) is 0 Å². The highest BCUT2D eigenvalue weighted by Gasteiger charge is 2.23. The Balaban J connectivity index is 2.13. The summed E-state index contributed by atoms with van der Waals surface area (Å²) in [5.41, 5.74) is 0. The fraction of sp³-hybridized carbons (Fsp3) is 1.00. The van der Waals surface area contributed by atoms with Gasteiger partial charge < -0.3 is 15.3 Å². The van der Waals surface area contributed by atoms with Crippen molar-refractivity contribution in [3.63, 3.8) is 0 Å². The maximum Gasteiger partial charge on any atom is 0.0791 e. The number of likely N-dealkylation sites (N-methyl/N-ethyl adjacent to an activating group) is 1. The number of aliphatic hydroxyl groups is 1. The van der Waals surface area contributed by atoms with Gasteiger partial charge in [-0.05, 0) is 32.9 Å². The van der Waals surface area contributed by atoms with Crippen LogP contribution >= 0.6 is 0 Å². The smallest absolute Gasteiger partial charge is 0.0791 e.